The lowest BCUT2D eigenvalue weighted by Gasteiger charge is -2.19. The molecule has 21 heavy (non-hydrogen) atoms. The van der Waals surface area contributed by atoms with Gasteiger partial charge in [-0.05, 0) is 31.6 Å². The Morgan fingerprint density at radius 1 is 1.48 bits per heavy atom. The van der Waals surface area contributed by atoms with Gasteiger partial charge in [0.05, 0.1) is 23.5 Å². The van der Waals surface area contributed by atoms with Crippen molar-refractivity contribution in [3.8, 4) is 0 Å². The molecule has 0 N–H and O–H groups in total. The van der Waals surface area contributed by atoms with E-state index in [4.69, 9.17) is 4.74 Å². The summed E-state index contributed by atoms with van der Waals surface area (Å²) in [4.78, 5) is 24.0. The number of hydrogen-bond acceptors (Lipinski definition) is 5. The third-order valence-electron chi connectivity index (χ3n) is 3.02. The number of allylic oxidation sites excluding steroid dienone is 1. The SMILES string of the molecule is C=C(C)c1cccc(N(C)CCC(=O)OCC)c1[N+](=O)[O-]. The Balaban J connectivity index is 3.01. The first-order valence-electron chi connectivity index (χ1n) is 6.68. The minimum Gasteiger partial charge on any atom is -0.466 e. The Labute approximate surface area is 124 Å². The van der Waals surface area contributed by atoms with E-state index in [-0.39, 0.29) is 18.1 Å². The Morgan fingerprint density at radius 3 is 2.67 bits per heavy atom. The van der Waals surface area contributed by atoms with Gasteiger partial charge in [-0.1, -0.05) is 12.6 Å². The zero-order valence-corrected chi connectivity index (χ0v) is 12.6. The molecule has 0 atom stereocenters. The number of carbonyl (C=O) groups is 1. The molecule has 1 rings (SSSR count). The molecule has 1 aromatic carbocycles. The molecule has 0 saturated heterocycles. The fraction of sp³-hybridized carbons (Fsp3) is 0.400. The van der Waals surface area contributed by atoms with E-state index in [0.29, 0.717) is 30.0 Å². The molecule has 0 bridgehead atoms. The molecule has 1 aromatic rings. The number of rotatable bonds is 7. The Morgan fingerprint density at radius 2 is 2.14 bits per heavy atom. The van der Waals surface area contributed by atoms with Crippen molar-refractivity contribution in [2.45, 2.75) is 20.3 Å². The van der Waals surface area contributed by atoms with Crippen LogP contribution in [-0.4, -0.2) is 31.1 Å². The molecule has 114 valence electrons. The van der Waals surface area contributed by atoms with Crippen LogP contribution in [0.5, 0.6) is 0 Å². The van der Waals surface area contributed by atoms with E-state index in [1.165, 1.54) is 0 Å². The smallest absolute Gasteiger partial charge is 0.307 e. The molecule has 6 heteroatoms. The first-order chi connectivity index (χ1) is 9.88. The molecular weight excluding hydrogens is 272 g/mol. The summed E-state index contributed by atoms with van der Waals surface area (Å²) in [6.07, 6.45) is 0.179. The number of nitrogens with zero attached hydrogens (tertiary/aromatic N) is 2. The van der Waals surface area contributed by atoms with Crippen molar-refractivity contribution >= 4 is 22.9 Å². The van der Waals surface area contributed by atoms with Crippen LogP contribution in [0.2, 0.25) is 0 Å². The summed E-state index contributed by atoms with van der Waals surface area (Å²) >= 11 is 0. The minimum absolute atomic E-state index is 0.0105. The van der Waals surface area contributed by atoms with E-state index >= 15 is 0 Å². The first-order valence-corrected chi connectivity index (χ1v) is 6.68. The fourth-order valence-corrected chi connectivity index (χ4v) is 1.99. The number of carbonyl (C=O) groups excluding carboxylic acids is 1. The molecule has 0 fully saturated rings. The van der Waals surface area contributed by atoms with Gasteiger partial charge in [-0.2, -0.15) is 0 Å². The van der Waals surface area contributed by atoms with Gasteiger partial charge < -0.3 is 9.64 Å². The average Bonchev–Trinajstić information content (AvgIpc) is 2.44. The Kier molecular flexibility index (Phi) is 5.90. The van der Waals surface area contributed by atoms with Crippen molar-refractivity contribution in [3.05, 3.63) is 40.5 Å². The normalized spacial score (nSPS) is 10.0. The third kappa shape index (κ3) is 4.30. The third-order valence-corrected chi connectivity index (χ3v) is 3.02. The van der Waals surface area contributed by atoms with E-state index < -0.39 is 4.92 Å². The number of ether oxygens (including phenoxy) is 1. The minimum atomic E-state index is -0.416. The monoisotopic (exact) mass is 292 g/mol. The van der Waals surface area contributed by atoms with Crippen LogP contribution >= 0.6 is 0 Å². The van der Waals surface area contributed by atoms with Crippen LogP contribution in [0.25, 0.3) is 5.57 Å². The van der Waals surface area contributed by atoms with Crippen LogP contribution in [0.1, 0.15) is 25.8 Å². The summed E-state index contributed by atoms with van der Waals surface area (Å²) in [5, 5.41) is 11.3. The quantitative estimate of drug-likeness (QED) is 0.439. The number of benzene rings is 1. The van der Waals surface area contributed by atoms with Crippen molar-refractivity contribution < 1.29 is 14.5 Å². The predicted molar refractivity (Wildman–Crippen MR) is 82.3 cm³/mol. The molecule has 0 aliphatic carbocycles. The van der Waals surface area contributed by atoms with Gasteiger partial charge in [0, 0.05) is 13.6 Å². The number of para-hydroxylation sites is 1. The van der Waals surface area contributed by atoms with Crippen LogP contribution in [0, 0.1) is 10.1 Å². The van der Waals surface area contributed by atoms with E-state index in [2.05, 4.69) is 6.58 Å². The maximum absolute atomic E-state index is 11.4. The number of hydrogen-bond donors (Lipinski definition) is 0. The molecule has 0 spiro atoms. The lowest BCUT2D eigenvalue weighted by atomic mass is 10.0. The van der Waals surface area contributed by atoms with Crippen molar-refractivity contribution in [2.24, 2.45) is 0 Å². The maximum Gasteiger partial charge on any atom is 0.307 e. The van der Waals surface area contributed by atoms with E-state index in [0.717, 1.165) is 0 Å². The van der Waals surface area contributed by atoms with Gasteiger partial charge in [-0.15, -0.1) is 0 Å². The highest BCUT2D eigenvalue weighted by molar-refractivity contribution is 5.79. The second kappa shape index (κ2) is 7.42. The van der Waals surface area contributed by atoms with Crippen LogP contribution in [0.15, 0.2) is 24.8 Å². The highest BCUT2D eigenvalue weighted by Crippen LogP contribution is 2.34. The molecule has 0 heterocycles. The summed E-state index contributed by atoms with van der Waals surface area (Å²) in [5.41, 5.74) is 1.60. The lowest BCUT2D eigenvalue weighted by Crippen LogP contribution is -2.23. The molecule has 0 saturated carbocycles. The summed E-state index contributed by atoms with van der Waals surface area (Å²) in [6, 6.07) is 5.08. The van der Waals surface area contributed by atoms with Crippen LogP contribution in [0.4, 0.5) is 11.4 Å². The molecule has 6 nitrogen and oxygen atoms in total. The van der Waals surface area contributed by atoms with E-state index in [9.17, 15) is 14.9 Å². The fourth-order valence-electron chi connectivity index (χ4n) is 1.99. The summed E-state index contributed by atoms with van der Waals surface area (Å²) in [7, 11) is 1.71. The average molecular weight is 292 g/mol. The van der Waals surface area contributed by atoms with Gasteiger partial charge in [0.15, 0.2) is 0 Å². The van der Waals surface area contributed by atoms with Gasteiger partial charge in [-0.3, -0.25) is 14.9 Å². The summed E-state index contributed by atoms with van der Waals surface area (Å²) < 4.78 is 4.85. The Hall–Kier alpha value is -2.37. The van der Waals surface area contributed by atoms with Gasteiger partial charge in [0.1, 0.15) is 5.69 Å². The molecular formula is C15H20N2O4. The van der Waals surface area contributed by atoms with Crippen molar-refractivity contribution in [2.75, 3.05) is 25.1 Å². The molecule has 0 unspecified atom stereocenters. The van der Waals surface area contributed by atoms with Gasteiger partial charge in [0.25, 0.3) is 5.69 Å². The highest BCUT2D eigenvalue weighted by atomic mass is 16.6. The molecule has 0 aromatic heterocycles. The highest BCUT2D eigenvalue weighted by Gasteiger charge is 2.22. The topological polar surface area (TPSA) is 72.7 Å². The number of nitro benzene ring substituents is 1. The van der Waals surface area contributed by atoms with E-state index in [1.54, 1.807) is 44.0 Å². The van der Waals surface area contributed by atoms with Crippen molar-refractivity contribution in [1.82, 2.24) is 0 Å². The zero-order chi connectivity index (χ0) is 16.0. The molecule has 0 aliphatic rings. The largest absolute Gasteiger partial charge is 0.466 e. The van der Waals surface area contributed by atoms with Crippen molar-refractivity contribution in [1.29, 1.82) is 0 Å². The first kappa shape index (κ1) is 16.7. The zero-order valence-electron chi connectivity index (χ0n) is 12.6. The van der Waals surface area contributed by atoms with Crippen molar-refractivity contribution in [3.63, 3.8) is 0 Å². The second-order valence-corrected chi connectivity index (χ2v) is 4.69. The summed E-state index contributed by atoms with van der Waals surface area (Å²) in [5.74, 6) is -0.317. The Bertz CT molecular complexity index is 555. The molecule has 0 amide bonds. The predicted octanol–water partition coefficient (Wildman–Crippen LogP) is 3.02. The maximum atomic E-state index is 11.4. The van der Waals surface area contributed by atoms with Crippen LogP contribution in [-0.2, 0) is 9.53 Å². The standard InChI is InChI=1S/C15H20N2O4/c1-5-21-14(18)9-10-16(4)13-8-6-7-12(11(2)3)15(13)17(19)20/h6-8H,2,5,9-10H2,1,3-4H3. The van der Waals surface area contributed by atoms with Gasteiger partial charge >= 0.3 is 5.97 Å². The molecule has 0 radical (unpaired) electrons. The number of anilines is 1. The van der Waals surface area contributed by atoms with Gasteiger partial charge in [-0.25, -0.2) is 0 Å². The molecule has 0 aliphatic heterocycles. The van der Waals surface area contributed by atoms with Crippen LogP contribution < -0.4 is 4.90 Å². The van der Waals surface area contributed by atoms with Gasteiger partial charge in [0.2, 0.25) is 0 Å². The second-order valence-electron chi connectivity index (χ2n) is 4.69. The number of esters is 1. The summed E-state index contributed by atoms with van der Waals surface area (Å²) in [6.45, 7) is 7.91. The lowest BCUT2D eigenvalue weighted by molar-refractivity contribution is -0.384. The van der Waals surface area contributed by atoms with E-state index in [1.807, 2.05) is 0 Å². The number of nitro groups is 1. The van der Waals surface area contributed by atoms with Crippen LogP contribution in [0.3, 0.4) is 0 Å².